The van der Waals surface area contributed by atoms with E-state index < -0.39 is 23.6 Å². The molecule has 6 heteroatoms. The van der Waals surface area contributed by atoms with Crippen molar-refractivity contribution >= 4 is 11.3 Å². The van der Waals surface area contributed by atoms with E-state index in [0.717, 1.165) is 23.5 Å². The number of aromatic nitrogens is 1. The molecule has 0 saturated heterocycles. The summed E-state index contributed by atoms with van der Waals surface area (Å²) < 4.78 is 39.2. The van der Waals surface area contributed by atoms with E-state index in [0.29, 0.717) is 5.69 Å². The minimum absolute atomic E-state index is 0.110. The molecule has 2 aromatic rings. The largest absolute Gasteiger partial charge is 0.387 e. The van der Waals surface area contributed by atoms with Gasteiger partial charge in [-0.25, -0.2) is 18.2 Å². The van der Waals surface area contributed by atoms with Crippen LogP contribution in [0.3, 0.4) is 0 Å². The first-order valence-electron chi connectivity index (χ1n) is 4.78. The van der Waals surface area contributed by atoms with Gasteiger partial charge in [0.2, 0.25) is 0 Å². The van der Waals surface area contributed by atoms with Crippen LogP contribution < -0.4 is 0 Å². The molecule has 0 amide bonds. The molecule has 1 heterocycles. The number of aliphatic hydroxyl groups is 1. The van der Waals surface area contributed by atoms with Crippen molar-refractivity contribution in [3.63, 3.8) is 0 Å². The van der Waals surface area contributed by atoms with Crippen LogP contribution in [0.15, 0.2) is 17.5 Å². The molecule has 0 aliphatic rings. The molecule has 1 aromatic heterocycles. The smallest absolute Gasteiger partial charge is 0.195 e. The molecule has 1 N–H and O–H groups in total. The van der Waals surface area contributed by atoms with E-state index in [9.17, 15) is 18.3 Å². The summed E-state index contributed by atoms with van der Waals surface area (Å²) in [5, 5.41) is 11.0. The van der Waals surface area contributed by atoms with Gasteiger partial charge in [0.05, 0.1) is 11.8 Å². The van der Waals surface area contributed by atoms with Gasteiger partial charge in [0, 0.05) is 10.9 Å². The van der Waals surface area contributed by atoms with E-state index in [1.807, 2.05) is 0 Å². The topological polar surface area (TPSA) is 33.1 Å². The second-order valence-corrected chi connectivity index (χ2v) is 4.33. The Balaban J connectivity index is 2.49. The molecule has 0 aliphatic heterocycles. The summed E-state index contributed by atoms with van der Waals surface area (Å²) in [4.78, 5) is 3.95. The van der Waals surface area contributed by atoms with Crippen molar-refractivity contribution in [2.24, 2.45) is 0 Å². The summed E-state index contributed by atoms with van der Waals surface area (Å²) in [6.45, 7) is 1.51. The first kappa shape index (κ1) is 12.1. The zero-order valence-corrected chi connectivity index (χ0v) is 9.56. The summed E-state index contributed by atoms with van der Waals surface area (Å²) >= 11 is 1.06. The van der Waals surface area contributed by atoms with Crippen LogP contribution in [0.25, 0.3) is 10.6 Å². The monoisotopic (exact) mass is 259 g/mol. The normalized spacial score (nSPS) is 12.8. The Morgan fingerprint density at radius 3 is 2.53 bits per heavy atom. The third kappa shape index (κ3) is 2.18. The van der Waals surface area contributed by atoms with Crippen LogP contribution in [0.1, 0.15) is 18.7 Å². The van der Waals surface area contributed by atoms with Crippen LogP contribution in [0, 0.1) is 17.5 Å². The molecule has 2 rings (SSSR count). The molecule has 17 heavy (non-hydrogen) atoms. The summed E-state index contributed by atoms with van der Waals surface area (Å²) in [6, 6.07) is 1.97. The van der Waals surface area contributed by atoms with Gasteiger partial charge in [-0.15, -0.1) is 11.3 Å². The number of hydrogen-bond acceptors (Lipinski definition) is 3. The van der Waals surface area contributed by atoms with E-state index >= 15 is 0 Å². The van der Waals surface area contributed by atoms with E-state index in [1.54, 1.807) is 5.38 Å². The van der Waals surface area contributed by atoms with E-state index in [1.165, 1.54) is 6.92 Å². The standard InChI is InChI=1S/C11H8F3NOS/c1-5(16)8-4-17-11(15-8)6-2-3-7(12)10(14)9(6)13/h2-5,16H,1H3. The van der Waals surface area contributed by atoms with Crippen LogP contribution in [-0.4, -0.2) is 10.1 Å². The Morgan fingerprint density at radius 1 is 1.24 bits per heavy atom. The predicted molar refractivity (Wildman–Crippen MR) is 58.1 cm³/mol. The van der Waals surface area contributed by atoms with Gasteiger partial charge in [-0.3, -0.25) is 0 Å². The first-order valence-corrected chi connectivity index (χ1v) is 5.66. The second-order valence-electron chi connectivity index (χ2n) is 3.48. The minimum Gasteiger partial charge on any atom is -0.387 e. The van der Waals surface area contributed by atoms with Crippen molar-refractivity contribution in [3.05, 3.63) is 40.7 Å². The second kappa shape index (κ2) is 4.46. The van der Waals surface area contributed by atoms with Crippen LogP contribution >= 0.6 is 11.3 Å². The fraction of sp³-hybridized carbons (Fsp3) is 0.182. The fourth-order valence-electron chi connectivity index (χ4n) is 1.29. The maximum atomic E-state index is 13.4. The summed E-state index contributed by atoms with van der Waals surface area (Å²) in [5.41, 5.74) is 0.259. The lowest BCUT2D eigenvalue weighted by Gasteiger charge is -2.01. The molecule has 0 aliphatic carbocycles. The van der Waals surface area contributed by atoms with Crippen LogP contribution in [-0.2, 0) is 0 Å². The van der Waals surface area contributed by atoms with E-state index in [-0.39, 0.29) is 10.6 Å². The maximum absolute atomic E-state index is 13.4. The molecule has 0 radical (unpaired) electrons. The quantitative estimate of drug-likeness (QED) is 0.839. The Bertz CT molecular complexity index is 554. The van der Waals surface area contributed by atoms with E-state index in [4.69, 9.17) is 0 Å². The number of thiazole rings is 1. The lowest BCUT2D eigenvalue weighted by Crippen LogP contribution is -1.95. The first-order chi connectivity index (χ1) is 8.00. The Labute approximate surface area is 99.4 Å². The van der Waals surface area contributed by atoms with Gasteiger partial charge >= 0.3 is 0 Å². The van der Waals surface area contributed by atoms with Gasteiger partial charge in [0.15, 0.2) is 17.5 Å². The summed E-state index contributed by atoms with van der Waals surface area (Å²) in [7, 11) is 0. The van der Waals surface area contributed by atoms with Gasteiger partial charge in [-0.05, 0) is 19.1 Å². The average Bonchev–Trinajstić information content (AvgIpc) is 2.75. The molecular weight excluding hydrogens is 251 g/mol. The highest BCUT2D eigenvalue weighted by atomic mass is 32.1. The third-order valence-electron chi connectivity index (χ3n) is 2.22. The molecule has 1 aromatic carbocycles. The number of nitrogens with zero attached hydrogens (tertiary/aromatic N) is 1. The van der Waals surface area contributed by atoms with E-state index in [2.05, 4.69) is 4.98 Å². The van der Waals surface area contributed by atoms with Crippen LogP contribution in [0.5, 0.6) is 0 Å². The highest BCUT2D eigenvalue weighted by Gasteiger charge is 2.17. The Morgan fingerprint density at radius 2 is 1.94 bits per heavy atom. The number of rotatable bonds is 2. The average molecular weight is 259 g/mol. The van der Waals surface area contributed by atoms with Crippen molar-refractivity contribution in [1.29, 1.82) is 0 Å². The van der Waals surface area contributed by atoms with Gasteiger partial charge in [-0.1, -0.05) is 0 Å². The molecule has 90 valence electrons. The Kier molecular flexibility index (Phi) is 3.17. The molecule has 0 saturated carbocycles. The van der Waals surface area contributed by atoms with Crippen molar-refractivity contribution in [2.75, 3.05) is 0 Å². The minimum atomic E-state index is -1.52. The lowest BCUT2D eigenvalue weighted by atomic mass is 10.2. The van der Waals surface area contributed by atoms with Crippen LogP contribution in [0.2, 0.25) is 0 Å². The van der Waals surface area contributed by atoms with Crippen molar-refractivity contribution in [2.45, 2.75) is 13.0 Å². The molecular formula is C11H8F3NOS. The van der Waals surface area contributed by atoms with Crippen molar-refractivity contribution in [3.8, 4) is 10.6 Å². The zero-order valence-electron chi connectivity index (χ0n) is 8.75. The molecule has 0 bridgehead atoms. The predicted octanol–water partition coefficient (Wildman–Crippen LogP) is 3.28. The number of aliphatic hydroxyl groups excluding tert-OH is 1. The highest BCUT2D eigenvalue weighted by molar-refractivity contribution is 7.13. The lowest BCUT2D eigenvalue weighted by molar-refractivity contribution is 0.195. The maximum Gasteiger partial charge on any atom is 0.195 e. The fourth-order valence-corrected chi connectivity index (χ4v) is 2.22. The number of hydrogen-bond donors (Lipinski definition) is 1. The molecule has 0 spiro atoms. The van der Waals surface area contributed by atoms with Gasteiger partial charge in [0.25, 0.3) is 0 Å². The zero-order chi connectivity index (χ0) is 12.6. The SMILES string of the molecule is CC(O)c1csc(-c2ccc(F)c(F)c2F)n1. The number of benzene rings is 1. The number of halogens is 3. The third-order valence-corrected chi connectivity index (χ3v) is 3.11. The molecule has 2 nitrogen and oxygen atoms in total. The van der Waals surface area contributed by atoms with Crippen molar-refractivity contribution < 1.29 is 18.3 Å². The molecule has 0 fully saturated rings. The van der Waals surface area contributed by atoms with Crippen LogP contribution in [0.4, 0.5) is 13.2 Å². The summed E-state index contributed by atoms with van der Waals surface area (Å²) in [6.07, 6.45) is -0.784. The molecule has 1 atom stereocenters. The van der Waals surface area contributed by atoms with Gasteiger partial charge in [0.1, 0.15) is 5.01 Å². The Hall–Kier alpha value is -1.40. The van der Waals surface area contributed by atoms with Gasteiger partial charge in [-0.2, -0.15) is 0 Å². The molecule has 1 unspecified atom stereocenters. The van der Waals surface area contributed by atoms with Gasteiger partial charge < -0.3 is 5.11 Å². The summed E-state index contributed by atoms with van der Waals surface area (Å²) in [5.74, 6) is -4.02. The van der Waals surface area contributed by atoms with Crippen molar-refractivity contribution in [1.82, 2.24) is 4.98 Å². The highest BCUT2D eigenvalue weighted by Crippen LogP contribution is 2.29.